The molecular weight excluding hydrogens is 218 g/mol. The Kier molecular flexibility index (Phi) is 3.28. The van der Waals surface area contributed by atoms with Crippen molar-refractivity contribution in [2.75, 3.05) is 6.54 Å². The molecule has 2 atom stereocenters. The molecule has 1 fully saturated rings. The summed E-state index contributed by atoms with van der Waals surface area (Å²) in [5.41, 5.74) is 6.17. The van der Waals surface area contributed by atoms with E-state index in [0.717, 1.165) is 12.8 Å². The van der Waals surface area contributed by atoms with E-state index in [1.54, 1.807) is 11.0 Å². The van der Waals surface area contributed by atoms with Gasteiger partial charge in [-0.15, -0.1) is 0 Å². The number of hydrogen-bond donors (Lipinski definition) is 2. The molecule has 0 bridgehead atoms. The van der Waals surface area contributed by atoms with Gasteiger partial charge in [0, 0.05) is 24.8 Å². The van der Waals surface area contributed by atoms with Crippen LogP contribution in [0.4, 0.5) is 0 Å². The van der Waals surface area contributed by atoms with Crippen molar-refractivity contribution in [1.82, 2.24) is 9.88 Å². The molecule has 5 nitrogen and oxygen atoms in total. The fourth-order valence-electron chi connectivity index (χ4n) is 2.23. The van der Waals surface area contributed by atoms with Crippen molar-refractivity contribution in [3.8, 4) is 5.75 Å². The van der Waals surface area contributed by atoms with Crippen LogP contribution in [-0.2, 0) is 0 Å². The van der Waals surface area contributed by atoms with Crippen LogP contribution in [0.2, 0.25) is 0 Å². The Morgan fingerprint density at radius 2 is 2.41 bits per heavy atom. The molecule has 0 saturated carbocycles. The van der Waals surface area contributed by atoms with Crippen LogP contribution in [0.15, 0.2) is 18.5 Å². The van der Waals surface area contributed by atoms with Gasteiger partial charge in [-0.3, -0.25) is 9.78 Å². The minimum absolute atomic E-state index is 0.0698. The van der Waals surface area contributed by atoms with Gasteiger partial charge in [-0.25, -0.2) is 0 Å². The Morgan fingerprint density at radius 3 is 3.06 bits per heavy atom. The molecule has 2 rings (SSSR count). The van der Waals surface area contributed by atoms with Crippen LogP contribution in [0.1, 0.15) is 30.1 Å². The van der Waals surface area contributed by atoms with Crippen LogP contribution in [0.3, 0.4) is 0 Å². The minimum atomic E-state index is -0.149. The number of amides is 1. The fourth-order valence-corrected chi connectivity index (χ4v) is 2.23. The second-order valence-electron chi connectivity index (χ2n) is 4.52. The molecule has 0 aromatic carbocycles. The lowest BCUT2D eigenvalue weighted by Crippen LogP contribution is -2.48. The quantitative estimate of drug-likeness (QED) is 0.752. The molecule has 92 valence electrons. The molecule has 0 radical (unpaired) electrons. The predicted molar refractivity (Wildman–Crippen MR) is 63.6 cm³/mol. The summed E-state index contributed by atoms with van der Waals surface area (Å²) in [6, 6.07) is 1.82. The van der Waals surface area contributed by atoms with E-state index in [1.807, 2.05) is 6.92 Å². The lowest BCUT2D eigenvalue weighted by molar-refractivity contribution is 0.0616. The Morgan fingerprint density at radius 1 is 1.65 bits per heavy atom. The number of rotatable bonds is 1. The van der Waals surface area contributed by atoms with Crippen LogP contribution in [-0.4, -0.2) is 39.5 Å². The number of hydrogen-bond acceptors (Lipinski definition) is 4. The second kappa shape index (κ2) is 4.71. The third kappa shape index (κ3) is 2.39. The van der Waals surface area contributed by atoms with E-state index < -0.39 is 0 Å². The molecule has 1 aromatic rings. The van der Waals surface area contributed by atoms with E-state index in [2.05, 4.69) is 4.98 Å². The van der Waals surface area contributed by atoms with Gasteiger partial charge in [0.2, 0.25) is 0 Å². The maximum Gasteiger partial charge on any atom is 0.257 e. The molecule has 2 unspecified atom stereocenters. The molecule has 1 saturated heterocycles. The topological polar surface area (TPSA) is 79.5 Å². The van der Waals surface area contributed by atoms with Gasteiger partial charge >= 0.3 is 0 Å². The summed E-state index contributed by atoms with van der Waals surface area (Å²) in [5, 5.41) is 9.62. The number of nitrogens with zero attached hydrogens (tertiary/aromatic N) is 2. The molecule has 5 heteroatoms. The molecule has 1 amide bonds. The van der Waals surface area contributed by atoms with Gasteiger partial charge in [0.1, 0.15) is 5.75 Å². The van der Waals surface area contributed by atoms with Crippen molar-refractivity contribution in [3.05, 3.63) is 24.0 Å². The summed E-state index contributed by atoms with van der Waals surface area (Å²) < 4.78 is 0. The number of piperidine rings is 1. The van der Waals surface area contributed by atoms with E-state index in [4.69, 9.17) is 5.73 Å². The van der Waals surface area contributed by atoms with Crippen molar-refractivity contribution < 1.29 is 9.90 Å². The van der Waals surface area contributed by atoms with Gasteiger partial charge in [-0.05, 0) is 25.8 Å². The van der Waals surface area contributed by atoms with E-state index in [0.29, 0.717) is 12.1 Å². The maximum absolute atomic E-state index is 12.2. The number of carbonyl (C=O) groups excluding carboxylic acids is 1. The smallest absolute Gasteiger partial charge is 0.257 e. The summed E-state index contributed by atoms with van der Waals surface area (Å²) in [7, 11) is 0. The Labute approximate surface area is 100 Å². The second-order valence-corrected chi connectivity index (χ2v) is 4.52. The zero-order valence-electron chi connectivity index (χ0n) is 9.84. The number of aromatic hydroxyl groups is 1. The number of nitrogens with two attached hydrogens (primary N) is 1. The van der Waals surface area contributed by atoms with Crippen LogP contribution in [0.5, 0.6) is 5.75 Å². The highest BCUT2D eigenvalue weighted by Gasteiger charge is 2.28. The van der Waals surface area contributed by atoms with Crippen molar-refractivity contribution in [3.63, 3.8) is 0 Å². The summed E-state index contributed by atoms with van der Waals surface area (Å²) in [6.07, 6.45) is 4.40. The highest BCUT2D eigenvalue weighted by molar-refractivity contribution is 5.96. The SMILES string of the molecule is CC1CC(N)CCN1C(=O)c1ccncc1O. The zero-order valence-corrected chi connectivity index (χ0v) is 9.84. The monoisotopic (exact) mass is 235 g/mol. The first-order valence-corrected chi connectivity index (χ1v) is 5.79. The first-order chi connectivity index (χ1) is 8.09. The largest absolute Gasteiger partial charge is 0.505 e. The number of carbonyl (C=O) groups is 1. The zero-order chi connectivity index (χ0) is 12.4. The molecule has 1 aliphatic heterocycles. The van der Waals surface area contributed by atoms with Crippen molar-refractivity contribution >= 4 is 5.91 Å². The number of pyridine rings is 1. The van der Waals surface area contributed by atoms with Crippen LogP contribution < -0.4 is 5.73 Å². The van der Waals surface area contributed by atoms with Crippen LogP contribution in [0, 0.1) is 0 Å². The highest BCUT2D eigenvalue weighted by Crippen LogP contribution is 2.22. The highest BCUT2D eigenvalue weighted by atomic mass is 16.3. The average molecular weight is 235 g/mol. The Balaban J connectivity index is 2.18. The van der Waals surface area contributed by atoms with Gasteiger partial charge in [-0.1, -0.05) is 0 Å². The van der Waals surface area contributed by atoms with Gasteiger partial charge < -0.3 is 15.7 Å². The lowest BCUT2D eigenvalue weighted by Gasteiger charge is -2.36. The third-order valence-electron chi connectivity index (χ3n) is 3.21. The Bertz CT molecular complexity index is 422. The van der Waals surface area contributed by atoms with Crippen LogP contribution >= 0.6 is 0 Å². The first-order valence-electron chi connectivity index (χ1n) is 5.79. The third-order valence-corrected chi connectivity index (χ3v) is 3.21. The standard InChI is InChI=1S/C12H17N3O2/c1-8-6-9(13)3-5-15(8)12(17)10-2-4-14-7-11(10)16/h2,4,7-9,16H,3,5-6,13H2,1H3. The Hall–Kier alpha value is -1.62. The van der Waals surface area contributed by atoms with Gasteiger partial charge in [0.05, 0.1) is 11.8 Å². The summed E-state index contributed by atoms with van der Waals surface area (Å²) in [6.45, 7) is 2.62. The summed E-state index contributed by atoms with van der Waals surface area (Å²) >= 11 is 0. The van der Waals surface area contributed by atoms with Crippen LogP contribution in [0.25, 0.3) is 0 Å². The van der Waals surface area contributed by atoms with E-state index in [9.17, 15) is 9.90 Å². The average Bonchev–Trinajstić information content (AvgIpc) is 2.29. The number of aromatic nitrogens is 1. The maximum atomic E-state index is 12.2. The minimum Gasteiger partial charge on any atom is -0.505 e. The molecule has 1 aromatic heterocycles. The number of likely N-dealkylation sites (tertiary alicyclic amines) is 1. The first kappa shape index (κ1) is 11.9. The molecule has 0 spiro atoms. The summed E-state index contributed by atoms with van der Waals surface area (Å²) in [5.74, 6) is -0.219. The molecular formula is C12H17N3O2. The van der Waals surface area contributed by atoms with E-state index >= 15 is 0 Å². The molecule has 0 aliphatic carbocycles. The van der Waals surface area contributed by atoms with E-state index in [-0.39, 0.29) is 23.7 Å². The lowest BCUT2D eigenvalue weighted by atomic mass is 9.98. The van der Waals surface area contributed by atoms with Crippen molar-refractivity contribution in [2.24, 2.45) is 5.73 Å². The molecule has 3 N–H and O–H groups in total. The van der Waals surface area contributed by atoms with Gasteiger partial charge in [0.25, 0.3) is 5.91 Å². The molecule has 2 heterocycles. The van der Waals surface area contributed by atoms with Gasteiger partial charge in [0.15, 0.2) is 0 Å². The molecule has 17 heavy (non-hydrogen) atoms. The summed E-state index contributed by atoms with van der Waals surface area (Å²) in [4.78, 5) is 17.8. The van der Waals surface area contributed by atoms with Crippen molar-refractivity contribution in [2.45, 2.75) is 31.8 Å². The fraction of sp³-hybridized carbons (Fsp3) is 0.500. The normalized spacial score (nSPS) is 24.7. The van der Waals surface area contributed by atoms with Crippen molar-refractivity contribution in [1.29, 1.82) is 0 Å². The van der Waals surface area contributed by atoms with Gasteiger partial charge in [-0.2, -0.15) is 0 Å². The predicted octanol–water partition coefficient (Wildman–Crippen LogP) is 0.739. The van der Waals surface area contributed by atoms with E-state index in [1.165, 1.54) is 12.4 Å². The molecule has 1 aliphatic rings.